The largest absolute Gasteiger partial charge is 0.491 e. The summed E-state index contributed by atoms with van der Waals surface area (Å²) < 4.78 is 5.63. The van der Waals surface area contributed by atoms with Gasteiger partial charge in [-0.25, -0.2) is 0 Å². The highest BCUT2D eigenvalue weighted by molar-refractivity contribution is 7.80. The van der Waals surface area contributed by atoms with E-state index in [4.69, 9.17) is 28.6 Å². The topological polar surface area (TPSA) is 73.9 Å². The van der Waals surface area contributed by atoms with Crippen LogP contribution in [0.25, 0.3) is 0 Å². The van der Waals surface area contributed by atoms with Gasteiger partial charge in [-0.05, 0) is 69.5 Å². The molecule has 2 N–H and O–H groups in total. The van der Waals surface area contributed by atoms with E-state index in [0.29, 0.717) is 40.7 Å². The molecule has 0 bridgehead atoms. The predicted molar refractivity (Wildman–Crippen MR) is 131 cm³/mol. The normalized spacial score (nSPS) is 14.2. The fourth-order valence-corrected chi connectivity index (χ4v) is 3.63. The number of piperazine rings is 1. The Morgan fingerprint density at radius 3 is 2.47 bits per heavy atom. The van der Waals surface area contributed by atoms with Crippen LogP contribution in [0.15, 0.2) is 42.5 Å². The third-order valence-electron chi connectivity index (χ3n) is 4.95. The van der Waals surface area contributed by atoms with Gasteiger partial charge in [0, 0.05) is 37.3 Å². The van der Waals surface area contributed by atoms with Gasteiger partial charge >= 0.3 is 0 Å². The summed E-state index contributed by atoms with van der Waals surface area (Å²) >= 11 is 11.6. The number of benzene rings is 2. The predicted octanol–water partition coefficient (Wildman–Crippen LogP) is 3.64. The van der Waals surface area contributed by atoms with E-state index >= 15 is 0 Å². The number of carbonyl (C=O) groups excluding carboxylic acids is 2. The van der Waals surface area contributed by atoms with Gasteiger partial charge in [0.05, 0.1) is 16.8 Å². The SMILES string of the molecule is CC(C)Oc1cccc(C(=O)NC(=S)Nc2cc(C(=O)N3CCN(C)CC3)ccc2Cl)c1. The average molecular weight is 475 g/mol. The van der Waals surface area contributed by atoms with E-state index in [9.17, 15) is 9.59 Å². The smallest absolute Gasteiger partial charge is 0.257 e. The van der Waals surface area contributed by atoms with Gasteiger partial charge in [0.2, 0.25) is 0 Å². The lowest BCUT2D eigenvalue weighted by atomic mass is 10.1. The van der Waals surface area contributed by atoms with Crippen molar-refractivity contribution in [2.45, 2.75) is 20.0 Å². The molecule has 3 rings (SSSR count). The zero-order valence-corrected chi connectivity index (χ0v) is 19.9. The second-order valence-corrected chi connectivity index (χ2v) is 8.71. The molecule has 170 valence electrons. The zero-order valence-electron chi connectivity index (χ0n) is 18.4. The molecule has 32 heavy (non-hydrogen) atoms. The van der Waals surface area contributed by atoms with Crippen LogP contribution < -0.4 is 15.4 Å². The van der Waals surface area contributed by atoms with Gasteiger partial charge in [-0.15, -0.1) is 0 Å². The molecule has 0 atom stereocenters. The highest BCUT2D eigenvalue weighted by Crippen LogP contribution is 2.24. The highest BCUT2D eigenvalue weighted by Gasteiger charge is 2.21. The van der Waals surface area contributed by atoms with Gasteiger partial charge in [0.1, 0.15) is 5.75 Å². The Kier molecular flexibility index (Phi) is 8.06. The van der Waals surface area contributed by atoms with Crippen LogP contribution in [0.1, 0.15) is 34.6 Å². The lowest BCUT2D eigenvalue weighted by Gasteiger charge is -2.32. The number of nitrogens with one attached hydrogen (secondary N) is 2. The summed E-state index contributed by atoms with van der Waals surface area (Å²) in [7, 11) is 2.04. The maximum atomic E-state index is 12.8. The molecule has 0 aromatic heterocycles. The van der Waals surface area contributed by atoms with Crippen LogP contribution in [0, 0.1) is 0 Å². The molecule has 0 radical (unpaired) electrons. The van der Waals surface area contributed by atoms with Crippen molar-refractivity contribution >= 4 is 46.4 Å². The summed E-state index contributed by atoms with van der Waals surface area (Å²) in [4.78, 5) is 29.4. The third kappa shape index (κ3) is 6.41. The van der Waals surface area contributed by atoms with Crippen LogP contribution in [0.3, 0.4) is 0 Å². The standard InChI is InChI=1S/C23H27ClN4O3S/c1-15(2)31-18-6-4-5-16(13-18)21(29)26-23(32)25-20-14-17(7-8-19(20)24)22(30)28-11-9-27(3)10-12-28/h4-8,13-15H,9-12H2,1-3H3,(H2,25,26,29,32). The molecule has 1 heterocycles. The lowest BCUT2D eigenvalue weighted by molar-refractivity contribution is 0.0664. The number of hydrogen-bond acceptors (Lipinski definition) is 5. The molecule has 7 nitrogen and oxygen atoms in total. The van der Waals surface area contributed by atoms with Crippen molar-refractivity contribution in [3.63, 3.8) is 0 Å². The maximum Gasteiger partial charge on any atom is 0.257 e. The Morgan fingerprint density at radius 1 is 1.06 bits per heavy atom. The van der Waals surface area contributed by atoms with Crippen molar-refractivity contribution in [2.75, 3.05) is 38.5 Å². The molecule has 1 fully saturated rings. The second kappa shape index (κ2) is 10.8. The summed E-state index contributed by atoms with van der Waals surface area (Å²) in [5.41, 5.74) is 1.38. The van der Waals surface area contributed by atoms with Crippen LogP contribution in [-0.2, 0) is 0 Å². The summed E-state index contributed by atoms with van der Waals surface area (Å²) in [6.45, 7) is 6.85. The third-order valence-corrected chi connectivity index (χ3v) is 5.48. The van der Waals surface area contributed by atoms with E-state index in [-0.39, 0.29) is 23.0 Å². The minimum atomic E-state index is -0.377. The Bertz CT molecular complexity index is 1010. The first kappa shape index (κ1) is 24.0. The molecule has 0 aliphatic carbocycles. The number of likely N-dealkylation sites (N-methyl/N-ethyl adjacent to an activating group) is 1. The van der Waals surface area contributed by atoms with E-state index in [0.717, 1.165) is 13.1 Å². The first-order valence-corrected chi connectivity index (χ1v) is 11.2. The minimum absolute atomic E-state index is 0.000899. The van der Waals surface area contributed by atoms with Crippen LogP contribution in [0.5, 0.6) is 5.75 Å². The van der Waals surface area contributed by atoms with Gasteiger partial charge in [-0.1, -0.05) is 17.7 Å². The average Bonchev–Trinajstić information content (AvgIpc) is 2.75. The first-order chi connectivity index (χ1) is 15.2. The number of rotatable bonds is 5. The Balaban J connectivity index is 1.65. The summed E-state index contributed by atoms with van der Waals surface area (Å²) in [5, 5.41) is 6.03. The molecule has 0 saturated carbocycles. The van der Waals surface area contributed by atoms with Crippen molar-refractivity contribution in [2.24, 2.45) is 0 Å². The number of amides is 2. The highest BCUT2D eigenvalue weighted by atomic mass is 35.5. The van der Waals surface area contributed by atoms with Crippen molar-refractivity contribution in [3.05, 3.63) is 58.6 Å². The fourth-order valence-electron chi connectivity index (χ4n) is 3.26. The van der Waals surface area contributed by atoms with E-state index in [2.05, 4.69) is 15.5 Å². The molecule has 1 aliphatic rings. The molecule has 0 unspecified atom stereocenters. The molecular weight excluding hydrogens is 448 g/mol. The molecule has 0 spiro atoms. The van der Waals surface area contributed by atoms with E-state index in [1.54, 1.807) is 42.5 Å². The van der Waals surface area contributed by atoms with E-state index in [1.165, 1.54) is 0 Å². The van der Waals surface area contributed by atoms with E-state index < -0.39 is 0 Å². The quantitative estimate of drug-likeness (QED) is 0.644. The number of thiocarbonyl (C=S) groups is 1. The maximum absolute atomic E-state index is 12.8. The van der Waals surface area contributed by atoms with Gasteiger partial charge in [0.25, 0.3) is 11.8 Å². The molecule has 1 aliphatic heterocycles. The Labute approximate surface area is 198 Å². The minimum Gasteiger partial charge on any atom is -0.491 e. The van der Waals surface area contributed by atoms with Gasteiger partial charge in [-0.2, -0.15) is 0 Å². The molecule has 2 amide bonds. The lowest BCUT2D eigenvalue weighted by Crippen LogP contribution is -2.47. The summed E-state index contributed by atoms with van der Waals surface area (Å²) in [5.74, 6) is 0.164. The van der Waals surface area contributed by atoms with Gasteiger partial charge in [0.15, 0.2) is 5.11 Å². The second-order valence-electron chi connectivity index (χ2n) is 7.89. The zero-order chi connectivity index (χ0) is 23.3. The molecule has 2 aromatic rings. The molecular formula is C23H27ClN4O3S. The number of ether oxygens (including phenoxy) is 1. The van der Waals surface area contributed by atoms with Crippen molar-refractivity contribution in [3.8, 4) is 5.75 Å². The van der Waals surface area contributed by atoms with Crippen molar-refractivity contribution in [1.29, 1.82) is 0 Å². The Hall–Kier alpha value is -2.68. The van der Waals surface area contributed by atoms with Crippen LogP contribution in [0.2, 0.25) is 5.02 Å². The molecule has 9 heteroatoms. The number of halogens is 1. The molecule has 2 aromatic carbocycles. The number of hydrogen-bond donors (Lipinski definition) is 2. The monoisotopic (exact) mass is 474 g/mol. The summed E-state index contributed by atoms with van der Waals surface area (Å²) in [6.07, 6.45) is -0.000899. The number of nitrogens with zero attached hydrogens (tertiary/aromatic N) is 2. The van der Waals surface area contributed by atoms with Crippen LogP contribution in [0.4, 0.5) is 5.69 Å². The molecule has 1 saturated heterocycles. The van der Waals surface area contributed by atoms with Crippen LogP contribution in [-0.4, -0.2) is 66.1 Å². The van der Waals surface area contributed by atoms with Gasteiger partial charge < -0.3 is 19.9 Å². The number of anilines is 1. The fraction of sp³-hybridized carbons (Fsp3) is 0.348. The summed E-state index contributed by atoms with van der Waals surface area (Å²) in [6, 6.07) is 11.8. The van der Waals surface area contributed by atoms with Gasteiger partial charge in [-0.3, -0.25) is 14.9 Å². The number of carbonyl (C=O) groups is 2. The van der Waals surface area contributed by atoms with Crippen LogP contribution >= 0.6 is 23.8 Å². The van der Waals surface area contributed by atoms with E-state index in [1.807, 2.05) is 25.8 Å². The van der Waals surface area contributed by atoms with Crippen molar-refractivity contribution < 1.29 is 14.3 Å². The first-order valence-electron chi connectivity index (χ1n) is 10.4. The Morgan fingerprint density at radius 2 is 1.78 bits per heavy atom. The van der Waals surface area contributed by atoms with Crippen molar-refractivity contribution in [1.82, 2.24) is 15.1 Å².